The quantitative estimate of drug-likeness (QED) is 0.813. The molecule has 0 radical (unpaired) electrons. The Bertz CT molecular complexity index is 679. The fraction of sp³-hybridized carbons (Fsp3) is 0.286. The highest BCUT2D eigenvalue weighted by atomic mass is 32.1. The smallest absolute Gasteiger partial charge is 0.348 e. The predicted octanol–water partition coefficient (Wildman–Crippen LogP) is 2.28. The van der Waals surface area contributed by atoms with Crippen molar-refractivity contribution < 1.29 is 14.3 Å². The van der Waals surface area contributed by atoms with Gasteiger partial charge >= 0.3 is 5.97 Å². The number of amides is 1. The number of methoxy groups -OCH3 is 1. The van der Waals surface area contributed by atoms with Crippen LogP contribution in [0.5, 0.6) is 0 Å². The second-order valence-electron chi connectivity index (χ2n) is 4.41. The van der Waals surface area contributed by atoms with Crippen LogP contribution in [0.3, 0.4) is 0 Å². The Morgan fingerprint density at radius 3 is 2.43 bits per heavy atom. The van der Waals surface area contributed by atoms with E-state index in [1.54, 1.807) is 25.5 Å². The number of hydrogen-bond donors (Lipinski definition) is 0. The van der Waals surface area contributed by atoms with Crippen LogP contribution in [0.15, 0.2) is 18.5 Å². The van der Waals surface area contributed by atoms with Crippen LogP contribution in [-0.2, 0) is 9.53 Å². The molecular formula is C14H15N3O3S. The number of carbonyl (C=O) groups excluding carboxylic acids is 2. The largest absolute Gasteiger partial charge is 0.465 e. The highest BCUT2D eigenvalue weighted by Gasteiger charge is 2.16. The third-order valence-corrected chi connectivity index (χ3v) is 4.07. The first-order valence-corrected chi connectivity index (χ1v) is 7.01. The van der Waals surface area contributed by atoms with Gasteiger partial charge in [-0.1, -0.05) is 0 Å². The Balaban J connectivity index is 2.33. The first kappa shape index (κ1) is 15.1. The van der Waals surface area contributed by atoms with E-state index in [4.69, 9.17) is 4.74 Å². The van der Waals surface area contributed by atoms with Gasteiger partial charge in [0.1, 0.15) is 4.88 Å². The minimum atomic E-state index is -0.373. The average molecular weight is 305 g/mol. The van der Waals surface area contributed by atoms with Crippen LogP contribution in [0.2, 0.25) is 0 Å². The summed E-state index contributed by atoms with van der Waals surface area (Å²) in [6.07, 6.45) is 3.16. The molecule has 6 nitrogen and oxygen atoms in total. The molecule has 0 fully saturated rings. The van der Waals surface area contributed by atoms with E-state index in [-0.39, 0.29) is 11.9 Å². The van der Waals surface area contributed by atoms with E-state index in [1.807, 2.05) is 6.92 Å². The summed E-state index contributed by atoms with van der Waals surface area (Å²) in [7, 11) is 3.01. The lowest BCUT2D eigenvalue weighted by Crippen LogP contribution is -2.23. The molecule has 7 heteroatoms. The maximum atomic E-state index is 11.5. The van der Waals surface area contributed by atoms with Gasteiger partial charge in [0.2, 0.25) is 5.91 Å². The molecule has 21 heavy (non-hydrogen) atoms. The summed E-state index contributed by atoms with van der Waals surface area (Å²) in [5.41, 5.74) is 1.41. The topological polar surface area (TPSA) is 72.4 Å². The summed E-state index contributed by atoms with van der Waals surface area (Å²) < 4.78 is 4.70. The molecule has 0 aliphatic rings. The minimum Gasteiger partial charge on any atom is -0.465 e. The van der Waals surface area contributed by atoms with Gasteiger partial charge in [0.25, 0.3) is 0 Å². The third-order valence-electron chi connectivity index (χ3n) is 3.04. The molecule has 2 heterocycles. The second kappa shape index (κ2) is 6.01. The molecule has 0 N–H and O–H groups in total. The third kappa shape index (κ3) is 3.08. The number of carbonyl (C=O) groups is 2. The van der Waals surface area contributed by atoms with E-state index in [1.165, 1.54) is 30.3 Å². The molecule has 0 aliphatic heterocycles. The molecular weight excluding hydrogens is 290 g/mol. The Morgan fingerprint density at radius 2 is 1.90 bits per heavy atom. The zero-order chi connectivity index (χ0) is 15.6. The van der Waals surface area contributed by atoms with Crippen molar-refractivity contribution in [2.45, 2.75) is 13.8 Å². The molecule has 0 aliphatic carbocycles. The van der Waals surface area contributed by atoms with Gasteiger partial charge in [-0.15, -0.1) is 11.3 Å². The molecule has 0 saturated carbocycles. The Hall–Kier alpha value is -2.28. The lowest BCUT2D eigenvalue weighted by molar-refractivity contribution is -0.116. The molecule has 0 spiro atoms. The van der Waals surface area contributed by atoms with E-state index in [9.17, 15) is 9.59 Å². The Kier molecular flexibility index (Phi) is 4.32. The first-order valence-electron chi connectivity index (χ1n) is 6.19. The highest BCUT2D eigenvalue weighted by molar-refractivity contribution is 7.14. The summed E-state index contributed by atoms with van der Waals surface area (Å²) in [4.78, 5) is 34.2. The number of ether oxygens (including phenoxy) is 1. The number of rotatable bonds is 3. The zero-order valence-corrected chi connectivity index (χ0v) is 13.0. The molecule has 2 aromatic heterocycles. The SMILES string of the molecule is COC(=O)c1cc(-c2ncc(N(C)C(C)=O)cn2)c(C)s1. The number of nitrogens with zero attached hydrogens (tertiary/aromatic N) is 3. The van der Waals surface area contributed by atoms with E-state index < -0.39 is 0 Å². The molecule has 0 aromatic carbocycles. The van der Waals surface area contributed by atoms with Crippen molar-refractivity contribution in [3.8, 4) is 11.4 Å². The summed E-state index contributed by atoms with van der Waals surface area (Å²) >= 11 is 1.34. The molecule has 0 bridgehead atoms. The number of hydrogen-bond acceptors (Lipinski definition) is 6. The number of esters is 1. The minimum absolute atomic E-state index is 0.0916. The van der Waals surface area contributed by atoms with Crippen LogP contribution in [0, 0.1) is 6.92 Å². The normalized spacial score (nSPS) is 10.3. The highest BCUT2D eigenvalue weighted by Crippen LogP contribution is 2.29. The lowest BCUT2D eigenvalue weighted by Gasteiger charge is -2.13. The number of thiophene rings is 1. The van der Waals surface area contributed by atoms with Gasteiger partial charge in [-0.2, -0.15) is 0 Å². The van der Waals surface area contributed by atoms with Crippen molar-refractivity contribution in [1.82, 2.24) is 9.97 Å². The zero-order valence-electron chi connectivity index (χ0n) is 12.2. The molecule has 0 saturated heterocycles. The summed E-state index contributed by atoms with van der Waals surface area (Å²) in [6, 6.07) is 1.72. The van der Waals surface area contributed by atoms with Crippen molar-refractivity contribution in [3.05, 3.63) is 28.2 Å². The standard InChI is InChI=1S/C14H15N3O3S/c1-8-11(5-12(21-8)14(19)20-4)13-15-6-10(7-16-13)17(3)9(2)18/h5-7H,1-4H3. The van der Waals surface area contributed by atoms with Crippen LogP contribution in [-0.4, -0.2) is 36.0 Å². The van der Waals surface area contributed by atoms with E-state index in [0.29, 0.717) is 16.4 Å². The van der Waals surface area contributed by atoms with Gasteiger partial charge in [-0.05, 0) is 13.0 Å². The van der Waals surface area contributed by atoms with Gasteiger partial charge in [0.05, 0.1) is 25.2 Å². The summed E-state index contributed by atoms with van der Waals surface area (Å²) in [6.45, 7) is 3.37. The van der Waals surface area contributed by atoms with Crippen molar-refractivity contribution in [2.75, 3.05) is 19.1 Å². The van der Waals surface area contributed by atoms with Crippen LogP contribution >= 0.6 is 11.3 Å². The molecule has 110 valence electrons. The number of aromatic nitrogens is 2. The van der Waals surface area contributed by atoms with E-state index >= 15 is 0 Å². The number of anilines is 1. The van der Waals surface area contributed by atoms with E-state index in [2.05, 4.69) is 9.97 Å². The fourth-order valence-electron chi connectivity index (χ4n) is 1.72. The number of aryl methyl sites for hydroxylation is 1. The van der Waals surface area contributed by atoms with Crippen LogP contribution in [0.1, 0.15) is 21.5 Å². The van der Waals surface area contributed by atoms with Crippen molar-refractivity contribution in [3.63, 3.8) is 0 Å². The van der Waals surface area contributed by atoms with Crippen molar-refractivity contribution in [1.29, 1.82) is 0 Å². The fourth-order valence-corrected chi connectivity index (χ4v) is 2.65. The van der Waals surface area contributed by atoms with Gasteiger partial charge in [0.15, 0.2) is 5.82 Å². The van der Waals surface area contributed by atoms with Crippen LogP contribution in [0.4, 0.5) is 5.69 Å². The van der Waals surface area contributed by atoms with Crippen LogP contribution in [0.25, 0.3) is 11.4 Å². The summed E-state index contributed by atoms with van der Waals surface area (Å²) in [5.74, 6) is 0.0490. The Labute approximate surface area is 126 Å². The monoisotopic (exact) mass is 305 g/mol. The van der Waals surface area contributed by atoms with Gasteiger partial charge in [0, 0.05) is 24.4 Å². The molecule has 1 amide bonds. The molecule has 0 atom stereocenters. The maximum absolute atomic E-state index is 11.5. The molecule has 0 unspecified atom stereocenters. The second-order valence-corrected chi connectivity index (χ2v) is 5.67. The predicted molar refractivity (Wildman–Crippen MR) is 80.5 cm³/mol. The van der Waals surface area contributed by atoms with Gasteiger partial charge in [-0.25, -0.2) is 14.8 Å². The van der Waals surface area contributed by atoms with E-state index in [0.717, 1.165) is 10.4 Å². The van der Waals surface area contributed by atoms with Gasteiger partial charge in [-0.3, -0.25) is 4.79 Å². The lowest BCUT2D eigenvalue weighted by atomic mass is 10.2. The van der Waals surface area contributed by atoms with Crippen molar-refractivity contribution >= 4 is 28.9 Å². The van der Waals surface area contributed by atoms with Crippen LogP contribution < -0.4 is 4.90 Å². The molecule has 2 rings (SSSR count). The average Bonchev–Trinajstić information content (AvgIpc) is 2.87. The Morgan fingerprint density at radius 1 is 1.29 bits per heavy atom. The first-order chi connectivity index (χ1) is 9.93. The molecule has 2 aromatic rings. The van der Waals surface area contributed by atoms with Gasteiger partial charge < -0.3 is 9.64 Å². The van der Waals surface area contributed by atoms with Crippen molar-refractivity contribution in [2.24, 2.45) is 0 Å². The maximum Gasteiger partial charge on any atom is 0.348 e. The summed E-state index contributed by atoms with van der Waals surface area (Å²) in [5, 5.41) is 0.